The van der Waals surface area contributed by atoms with E-state index in [4.69, 9.17) is 0 Å². The minimum absolute atomic E-state index is 0.0220. The number of likely N-dealkylation sites (tertiary alicyclic amines) is 1. The molecule has 1 aliphatic heterocycles. The van der Waals surface area contributed by atoms with E-state index in [2.05, 4.69) is 6.92 Å². The maximum absolute atomic E-state index is 12.8. The van der Waals surface area contributed by atoms with Crippen LogP contribution >= 0.6 is 0 Å². The predicted molar refractivity (Wildman–Crippen MR) is 112 cm³/mol. The number of anilines is 1. The average Bonchev–Trinajstić information content (AvgIpc) is 2.73. The van der Waals surface area contributed by atoms with Gasteiger partial charge in [0, 0.05) is 25.7 Å². The molecular formula is C22H28N2O3S. The number of sulfonamides is 1. The maximum atomic E-state index is 12.8. The third kappa shape index (κ3) is 4.22. The Balaban J connectivity index is 1.76. The summed E-state index contributed by atoms with van der Waals surface area (Å²) in [5.41, 5.74) is 2.14. The van der Waals surface area contributed by atoms with E-state index < -0.39 is 10.0 Å². The molecule has 150 valence electrons. The van der Waals surface area contributed by atoms with Gasteiger partial charge in [0.2, 0.25) is 0 Å². The van der Waals surface area contributed by atoms with Gasteiger partial charge in [0.1, 0.15) is 0 Å². The molecule has 1 amide bonds. The lowest BCUT2D eigenvalue weighted by Crippen LogP contribution is -2.39. The standard InChI is InChI=1S/C22H28N2O3S/c1-4-18-6-5-15-24(16-18)22(25)19-9-11-20(12-10-19)23(3)28(26,27)21-13-7-17(2)8-14-21/h7-14,18H,4-6,15-16H2,1-3H3. The molecule has 0 spiro atoms. The Morgan fingerprint density at radius 2 is 1.75 bits per heavy atom. The van der Waals surface area contributed by atoms with Crippen LogP contribution < -0.4 is 4.31 Å². The largest absolute Gasteiger partial charge is 0.338 e. The number of rotatable bonds is 5. The summed E-state index contributed by atoms with van der Waals surface area (Å²) in [4.78, 5) is 15.0. The van der Waals surface area contributed by atoms with Gasteiger partial charge in [-0.2, -0.15) is 0 Å². The first kappa shape index (κ1) is 20.4. The Bertz CT molecular complexity index is 921. The van der Waals surface area contributed by atoms with Crippen molar-refractivity contribution < 1.29 is 13.2 Å². The summed E-state index contributed by atoms with van der Waals surface area (Å²) in [6.45, 7) is 5.68. The molecule has 0 aliphatic carbocycles. The lowest BCUT2D eigenvalue weighted by atomic mass is 9.95. The van der Waals surface area contributed by atoms with E-state index in [0.29, 0.717) is 17.2 Å². The van der Waals surface area contributed by atoms with E-state index in [0.717, 1.165) is 31.5 Å². The Hall–Kier alpha value is -2.34. The van der Waals surface area contributed by atoms with Gasteiger partial charge in [0.25, 0.3) is 15.9 Å². The number of hydrogen-bond acceptors (Lipinski definition) is 3. The molecule has 0 radical (unpaired) electrons. The molecule has 2 aromatic carbocycles. The highest BCUT2D eigenvalue weighted by Gasteiger charge is 2.24. The zero-order chi connectivity index (χ0) is 20.3. The Morgan fingerprint density at radius 3 is 2.36 bits per heavy atom. The fourth-order valence-electron chi connectivity index (χ4n) is 3.59. The highest BCUT2D eigenvalue weighted by atomic mass is 32.2. The molecule has 1 unspecified atom stereocenters. The number of carbonyl (C=O) groups excluding carboxylic acids is 1. The number of piperidine rings is 1. The van der Waals surface area contributed by atoms with E-state index in [9.17, 15) is 13.2 Å². The molecule has 1 aliphatic rings. The summed E-state index contributed by atoms with van der Waals surface area (Å²) in [5.74, 6) is 0.594. The SMILES string of the molecule is CCC1CCCN(C(=O)c2ccc(N(C)S(=O)(=O)c3ccc(C)cc3)cc2)C1. The molecule has 0 bridgehead atoms. The monoisotopic (exact) mass is 400 g/mol. The van der Waals surface area contributed by atoms with Crippen LogP contribution in [0.3, 0.4) is 0 Å². The Kier molecular flexibility index (Phi) is 6.08. The van der Waals surface area contributed by atoms with Gasteiger partial charge in [0.05, 0.1) is 10.6 Å². The maximum Gasteiger partial charge on any atom is 0.264 e. The summed E-state index contributed by atoms with van der Waals surface area (Å²) in [6.07, 6.45) is 3.31. The lowest BCUT2D eigenvalue weighted by Gasteiger charge is -2.32. The van der Waals surface area contributed by atoms with Gasteiger partial charge in [-0.25, -0.2) is 8.42 Å². The second kappa shape index (κ2) is 8.35. The minimum atomic E-state index is -3.64. The fourth-order valence-corrected chi connectivity index (χ4v) is 4.78. The summed E-state index contributed by atoms with van der Waals surface area (Å²) in [7, 11) is -2.10. The van der Waals surface area contributed by atoms with Gasteiger partial charge in [-0.05, 0) is 62.1 Å². The second-order valence-electron chi connectivity index (χ2n) is 7.50. The minimum Gasteiger partial charge on any atom is -0.338 e. The zero-order valence-electron chi connectivity index (χ0n) is 16.8. The molecule has 6 heteroatoms. The first-order chi connectivity index (χ1) is 13.3. The quantitative estimate of drug-likeness (QED) is 0.760. The van der Waals surface area contributed by atoms with Crippen molar-refractivity contribution in [2.45, 2.75) is 38.0 Å². The molecule has 28 heavy (non-hydrogen) atoms. The summed E-state index contributed by atoms with van der Waals surface area (Å²) in [5, 5.41) is 0. The molecule has 0 aromatic heterocycles. The second-order valence-corrected chi connectivity index (χ2v) is 9.47. The van der Waals surface area contributed by atoms with Crippen LogP contribution in [-0.2, 0) is 10.0 Å². The number of hydrogen-bond donors (Lipinski definition) is 0. The Labute approximate surface area is 168 Å². The molecule has 0 saturated carbocycles. The van der Waals surface area contributed by atoms with Crippen molar-refractivity contribution in [3.05, 3.63) is 59.7 Å². The van der Waals surface area contributed by atoms with Crippen molar-refractivity contribution in [3.63, 3.8) is 0 Å². The highest BCUT2D eigenvalue weighted by Crippen LogP contribution is 2.24. The number of benzene rings is 2. The van der Waals surface area contributed by atoms with Crippen LogP contribution in [0.2, 0.25) is 0 Å². The van der Waals surface area contributed by atoms with Crippen LogP contribution in [0, 0.1) is 12.8 Å². The van der Waals surface area contributed by atoms with Crippen LogP contribution in [0.1, 0.15) is 42.1 Å². The molecule has 1 saturated heterocycles. The van der Waals surface area contributed by atoms with Gasteiger partial charge < -0.3 is 4.90 Å². The smallest absolute Gasteiger partial charge is 0.264 e. The van der Waals surface area contributed by atoms with Crippen LogP contribution in [0.4, 0.5) is 5.69 Å². The van der Waals surface area contributed by atoms with Crippen molar-refractivity contribution in [3.8, 4) is 0 Å². The Morgan fingerprint density at radius 1 is 1.11 bits per heavy atom. The first-order valence-electron chi connectivity index (χ1n) is 9.78. The van der Waals surface area contributed by atoms with E-state index in [-0.39, 0.29) is 10.8 Å². The van der Waals surface area contributed by atoms with Crippen molar-refractivity contribution in [2.75, 3.05) is 24.4 Å². The van der Waals surface area contributed by atoms with Crippen LogP contribution in [0.5, 0.6) is 0 Å². The van der Waals surface area contributed by atoms with Crippen molar-refractivity contribution in [1.29, 1.82) is 0 Å². The van der Waals surface area contributed by atoms with Crippen molar-refractivity contribution in [2.24, 2.45) is 5.92 Å². The topological polar surface area (TPSA) is 57.7 Å². The van der Waals surface area contributed by atoms with Gasteiger partial charge in [-0.1, -0.05) is 31.0 Å². The van der Waals surface area contributed by atoms with Gasteiger partial charge in [-0.3, -0.25) is 9.10 Å². The molecule has 1 heterocycles. The molecule has 1 atom stereocenters. The number of amides is 1. The summed E-state index contributed by atoms with van der Waals surface area (Å²) in [6, 6.07) is 13.6. The third-order valence-corrected chi connectivity index (χ3v) is 7.34. The normalized spacial score (nSPS) is 17.4. The molecular weight excluding hydrogens is 372 g/mol. The van der Waals surface area contributed by atoms with Crippen LogP contribution in [0.15, 0.2) is 53.4 Å². The van der Waals surface area contributed by atoms with Gasteiger partial charge in [0.15, 0.2) is 0 Å². The van der Waals surface area contributed by atoms with Crippen LogP contribution in [0.25, 0.3) is 0 Å². The molecule has 3 rings (SSSR count). The molecule has 1 fully saturated rings. The molecule has 0 N–H and O–H groups in total. The first-order valence-corrected chi connectivity index (χ1v) is 11.2. The van der Waals surface area contributed by atoms with E-state index >= 15 is 0 Å². The van der Waals surface area contributed by atoms with E-state index in [1.807, 2.05) is 11.8 Å². The van der Waals surface area contributed by atoms with Crippen molar-refractivity contribution >= 4 is 21.6 Å². The van der Waals surface area contributed by atoms with Crippen LogP contribution in [-0.4, -0.2) is 39.4 Å². The summed E-state index contributed by atoms with van der Waals surface area (Å²) >= 11 is 0. The van der Waals surface area contributed by atoms with Crippen molar-refractivity contribution in [1.82, 2.24) is 4.90 Å². The number of carbonyl (C=O) groups is 1. The number of nitrogens with zero attached hydrogens (tertiary/aromatic N) is 2. The molecule has 2 aromatic rings. The van der Waals surface area contributed by atoms with E-state index in [1.54, 1.807) is 48.5 Å². The van der Waals surface area contributed by atoms with Gasteiger partial charge in [-0.15, -0.1) is 0 Å². The predicted octanol–water partition coefficient (Wildman–Crippen LogP) is 4.08. The average molecular weight is 401 g/mol. The number of aryl methyl sites for hydroxylation is 1. The fraction of sp³-hybridized carbons (Fsp3) is 0.409. The lowest BCUT2D eigenvalue weighted by molar-refractivity contribution is 0.0671. The third-order valence-electron chi connectivity index (χ3n) is 5.54. The summed E-state index contributed by atoms with van der Waals surface area (Å²) < 4.78 is 26.9. The van der Waals surface area contributed by atoms with Gasteiger partial charge >= 0.3 is 0 Å². The highest BCUT2D eigenvalue weighted by molar-refractivity contribution is 7.92. The molecule has 5 nitrogen and oxygen atoms in total. The van der Waals surface area contributed by atoms with E-state index in [1.165, 1.54) is 17.8 Å². The zero-order valence-corrected chi connectivity index (χ0v) is 17.6.